The van der Waals surface area contributed by atoms with Crippen molar-refractivity contribution in [2.75, 3.05) is 28.4 Å². The first-order valence-corrected chi connectivity index (χ1v) is 10.2. The summed E-state index contributed by atoms with van der Waals surface area (Å²) in [5.74, 6) is -0.943. The second-order valence-corrected chi connectivity index (χ2v) is 6.94. The topological polar surface area (TPSA) is 114 Å². The molecule has 0 radical (unpaired) electrons. The molecule has 0 aromatic heterocycles. The molecular formula is C26H27NO7. The van der Waals surface area contributed by atoms with E-state index in [1.54, 1.807) is 48.6 Å². The summed E-state index contributed by atoms with van der Waals surface area (Å²) in [6, 6.07) is 10.2. The molecule has 0 spiro atoms. The van der Waals surface area contributed by atoms with E-state index >= 15 is 0 Å². The van der Waals surface area contributed by atoms with Gasteiger partial charge in [0.05, 0.1) is 28.4 Å². The molecule has 0 saturated heterocycles. The Hall–Kier alpha value is -4.33. The third kappa shape index (κ3) is 7.09. The molecule has 0 heterocycles. The van der Waals surface area contributed by atoms with E-state index in [4.69, 9.17) is 24.7 Å². The van der Waals surface area contributed by atoms with Crippen molar-refractivity contribution in [1.29, 1.82) is 0 Å². The van der Waals surface area contributed by atoms with Gasteiger partial charge in [0.15, 0.2) is 34.6 Å². The lowest BCUT2D eigenvalue weighted by Crippen LogP contribution is -2.20. The Kier molecular flexibility index (Phi) is 9.64. The average molecular weight is 466 g/mol. The van der Waals surface area contributed by atoms with Gasteiger partial charge < -0.3 is 24.7 Å². The van der Waals surface area contributed by atoms with Gasteiger partial charge >= 0.3 is 0 Å². The van der Waals surface area contributed by atoms with Crippen LogP contribution < -0.4 is 24.7 Å². The highest BCUT2D eigenvalue weighted by Crippen LogP contribution is 2.29. The van der Waals surface area contributed by atoms with Gasteiger partial charge in [-0.05, 0) is 53.6 Å². The average Bonchev–Trinajstić information content (AvgIpc) is 2.85. The molecule has 0 aliphatic heterocycles. The normalized spacial score (nSPS) is 11.3. The van der Waals surface area contributed by atoms with E-state index in [1.165, 1.54) is 46.7 Å². The molecule has 0 bridgehead atoms. The molecule has 2 aromatic carbocycles. The van der Waals surface area contributed by atoms with Crippen LogP contribution in [0.2, 0.25) is 0 Å². The van der Waals surface area contributed by atoms with Gasteiger partial charge in [-0.1, -0.05) is 30.4 Å². The molecule has 0 fully saturated rings. The van der Waals surface area contributed by atoms with Crippen LogP contribution in [-0.4, -0.2) is 45.9 Å². The molecule has 0 aliphatic carbocycles. The summed E-state index contributed by atoms with van der Waals surface area (Å²) in [5, 5.41) is 0. The van der Waals surface area contributed by atoms with Crippen LogP contribution >= 0.6 is 0 Å². The monoisotopic (exact) mass is 465 g/mol. The van der Waals surface area contributed by atoms with Crippen molar-refractivity contribution in [2.45, 2.75) is 0 Å². The Morgan fingerprint density at radius 3 is 1.44 bits per heavy atom. The number of nitrogens with two attached hydrogens (primary N) is 1. The van der Waals surface area contributed by atoms with Gasteiger partial charge in [0.25, 0.3) is 0 Å². The maximum atomic E-state index is 12.8. The van der Waals surface area contributed by atoms with Crippen molar-refractivity contribution < 1.29 is 33.3 Å². The van der Waals surface area contributed by atoms with Gasteiger partial charge in [-0.25, -0.2) is 0 Å². The molecule has 0 aliphatic rings. The second-order valence-electron chi connectivity index (χ2n) is 6.94. The predicted molar refractivity (Wildman–Crippen MR) is 129 cm³/mol. The molecule has 8 heteroatoms. The van der Waals surface area contributed by atoms with Gasteiger partial charge in [0.1, 0.15) is 5.92 Å². The first-order chi connectivity index (χ1) is 16.3. The molecule has 2 rings (SSSR count). The maximum absolute atomic E-state index is 12.8. The summed E-state index contributed by atoms with van der Waals surface area (Å²) in [5.41, 5.74) is 6.48. The SMILES string of the molecule is COc1ccc(/C=C/C(=O)C(/C=C/C(N)=O)C(=O)/C=C/c2ccc(OC)c(OC)c2)cc1OC. The Morgan fingerprint density at radius 2 is 1.09 bits per heavy atom. The van der Waals surface area contributed by atoms with Gasteiger partial charge in [0, 0.05) is 0 Å². The summed E-state index contributed by atoms with van der Waals surface area (Å²) in [4.78, 5) is 36.8. The molecule has 2 N–H and O–H groups in total. The van der Waals surface area contributed by atoms with Gasteiger partial charge in [-0.2, -0.15) is 0 Å². The van der Waals surface area contributed by atoms with E-state index in [-0.39, 0.29) is 0 Å². The van der Waals surface area contributed by atoms with Crippen LogP contribution in [0, 0.1) is 5.92 Å². The Labute approximate surface area is 198 Å². The third-order valence-electron chi connectivity index (χ3n) is 4.76. The summed E-state index contributed by atoms with van der Waals surface area (Å²) in [6.07, 6.45) is 7.79. The zero-order valence-electron chi connectivity index (χ0n) is 19.4. The molecule has 8 nitrogen and oxygen atoms in total. The minimum absolute atomic E-state index is 0.496. The number of ketones is 2. The number of hydrogen-bond acceptors (Lipinski definition) is 7. The first kappa shape index (κ1) is 25.9. The highest BCUT2D eigenvalue weighted by atomic mass is 16.5. The standard InChI is InChI=1S/C26H27NO7/c1-31-22-12-7-17(15-24(22)33-3)5-10-20(28)19(9-14-26(27)30)21(29)11-6-18-8-13-23(32-2)25(16-18)34-4/h5-16,19H,1-4H3,(H2,27,30)/b10-5+,11-6+,14-9+. The smallest absolute Gasteiger partial charge is 0.241 e. The lowest BCUT2D eigenvalue weighted by Gasteiger charge is -2.08. The largest absolute Gasteiger partial charge is 0.493 e. The first-order valence-electron chi connectivity index (χ1n) is 10.2. The van der Waals surface area contributed by atoms with Crippen LogP contribution in [-0.2, 0) is 14.4 Å². The number of methoxy groups -OCH3 is 4. The fraction of sp³-hybridized carbons (Fsp3) is 0.192. The van der Waals surface area contributed by atoms with E-state index in [2.05, 4.69) is 0 Å². The minimum atomic E-state index is -1.22. The van der Waals surface area contributed by atoms with Gasteiger partial charge in [0.2, 0.25) is 5.91 Å². The molecular weight excluding hydrogens is 438 g/mol. The third-order valence-corrected chi connectivity index (χ3v) is 4.76. The lowest BCUT2D eigenvalue weighted by atomic mass is 9.96. The number of allylic oxidation sites excluding steroid dienone is 3. The fourth-order valence-electron chi connectivity index (χ4n) is 3.00. The number of amides is 1. The van der Waals surface area contributed by atoms with Crippen LogP contribution in [0.3, 0.4) is 0 Å². The lowest BCUT2D eigenvalue weighted by molar-refractivity contribution is -0.125. The molecule has 34 heavy (non-hydrogen) atoms. The van der Waals surface area contributed by atoms with Crippen LogP contribution in [0.5, 0.6) is 23.0 Å². The van der Waals surface area contributed by atoms with Crippen molar-refractivity contribution in [3.63, 3.8) is 0 Å². The van der Waals surface area contributed by atoms with Crippen LogP contribution in [0.4, 0.5) is 0 Å². The number of ether oxygens (including phenoxy) is 4. The predicted octanol–water partition coefficient (Wildman–Crippen LogP) is 3.24. The molecule has 2 aromatic rings. The number of hydrogen-bond donors (Lipinski definition) is 1. The van der Waals surface area contributed by atoms with Gasteiger partial charge in [-0.15, -0.1) is 0 Å². The summed E-state index contributed by atoms with van der Waals surface area (Å²) in [6.45, 7) is 0. The van der Waals surface area contributed by atoms with E-state index in [1.807, 2.05) is 0 Å². The molecule has 178 valence electrons. The Morgan fingerprint density at radius 1 is 0.676 bits per heavy atom. The Balaban J connectivity index is 2.26. The van der Waals surface area contributed by atoms with Crippen LogP contribution in [0.25, 0.3) is 12.2 Å². The van der Waals surface area contributed by atoms with Gasteiger partial charge in [-0.3, -0.25) is 14.4 Å². The second kappa shape index (κ2) is 12.6. The van der Waals surface area contributed by atoms with Crippen LogP contribution in [0.15, 0.2) is 60.7 Å². The van der Waals surface area contributed by atoms with Crippen molar-refractivity contribution in [3.05, 3.63) is 71.8 Å². The Bertz CT molecular complexity index is 1050. The number of rotatable bonds is 12. The number of carbonyl (C=O) groups excluding carboxylic acids is 3. The summed E-state index contributed by atoms with van der Waals surface area (Å²) < 4.78 is 20.9. The highest BCUT2D eigenvalue weighted by molar-refractivity contribution is 6.15. The van der Waals surface area contributed by atoms with E-state index < -0.39 is 23.4 Å². The number of carbonyl (C=O) groups is 3. The van der Waals surface area contributed by atoms with Crippen molar-refractivity contribution >= 4 is 29.6 Å². The van der Waals surface area contributed by atoms with Crippen molar-refractivity contribution in [2.24, 2.45) is 11.7 Å². The highest BCUT2D eigenvalue weighted by Gasteiger charge is 2.20. The summed E-state index contributed by atoms with van der Waals surface area (Å²) in [7, 11) is 6.05. The molecule has 0 unspecified atom stereocenters. The maximum Gasteiger partial charge on any atom is 0.241 e. The minimum Gasteiger partial charge on any atom is -0.493 e. The number of benzene rings is 2. The van der Waals surface area contributed by atoms with Crippen molar-refractivity contribution in [3.8, 4) is 23.0 Å². The zero-order chi connectivity index (χ0) is 25.1. The van der Waals surface area contributed by atoms with Crippen LogP contribution in [0.1, 0.15) is 11.1 Å². The quantitative estimate of drug-likeness (QED) is 0.378. The van der Waals surface area contributed by atoms with E-state index in [0.29, 0.717) is 34.1 Å². The van der Waals surface area contributed by atoms with Crippen molar-refractivity contribution in [1.82, 2.24) is 0 Å². The molecule has 1 amide bonds. The van der Waals surface area contributed by atoms with E-state index in [9.17, 15) is 14.4 Å². The van der Waals surface area contributed by atoms with E-state index in [0.717, 1.165) is 6.08 Å². The molecule has 0 saturated carbocycles. The fourth-order valence-corrected chi connectivity index (χ4v) is 3.00. The number of primary amides is 1. The summed E-state index contributed by atoms with van der Waals surface area (Å²) >= 11 is 0. The molecule has 0 atom stereocenters. The zero-order valence-corrected chi connectivity index (χ0v) is 19.4.